The van der Waals surface area contributed by atoms with Gasteiger partial charge in [-0.2, -0.15) is 8.42 Å². The van der Waals surface area contributed by atoms with Crippen molar-refractivity contribution in [1.82, 2.24) is 0 Å². The Kier molecular flexibility index (Phi) is 5.96. The van der Waals surface area contributed by atoms with Crippen molar-refractivity contribution < 1.29 is 27.1 Å². The molecule has 1 fully saturated rings. The van der Waals surface area contributed by atoms with Gasteiger partial charge in [-0.1, -0.05) is 18.6 Å². The second-order valence-electron chi connectivity index (χ2n) is 7.64. The molecule has 2 heterocycles. The molecule has 0 spiro atoms. The average Bonchev–Trinajstić information content (AvgIpc) is 3.00. The van der Waals surface area contributed by atoms with Crippen LogP contribution < -0.4 is 10.2 Å². The molecule has 1 atom stereocenters. The minimum absolute atomic E-state index is 0.0219. The first-order valence-electron chi connectivity index (χ1n) is 10.3. The predicted octanol–water partition coefficient (Wildman–Crippen LogP) is 3.49. The Hall–Kier alpha value is -3.27. The van der Waals surface area contributed by atoms with Crippen LogP contribution in [-0.4, -0.2) is 38.8 Å². The monoisotopic (exact) mass is 459 g/mol. The van der Waals surface area contributed by atoms with E-state index in [-0.39, 0.29) is 16.1 Å². The summed E-state index contributed by atoms with van der Waals surface area (Å²) in [6, 6.07) is 9.86. The number of hydrogen-bond acceptors (Lipinski definition) is 6. The van der Waals surface area contributed by atoms with E-state index in [9.17, 15) is 22.4 Å². The number of halogens is 1. The van der Waals surface area contributed by atoms with Crippen LogP contribution in [0.5, 0.6) is 0 Å². The van der Waals surface area contributed by atoms with Crippen LogP contribution in [-0.2, 0) is 19.6 Å². The first-order valence-corrected chi connectivity index (χ1v) is 11.7. The zero-order valence-electron chi connectivity index (χ0n) is 17.4. The lowest BCUT2D eigenvalue weighted by molar-refractivity contribution is -0.123. The Labute approximate surface area is 185 Å². The first kappa shape index (κ1) is 21.9. The number of esters is 1. The van der Waals surface area contributed by atoms with E-state index >= 15 is 0 Å². The smallest absolute Gasteiger partial charge is 0.338 e. The molecule has 1 N–H and O–H groups in total. The van der Waals surface area contributed by atoms with Gasteiger partial charge in [-0.3, -0.25) is 4.79 Å². The SMILES string of the molecule is C[C@@H](OC(=O)c1ccc2c(c1)S(=O)(=O)N=C1CCCCCN12)C(=O)Nc1ccccc1F. The third-order valence-electron chi connectivity index (χ3n) is 5.37. The molecule has 32 heavy (non-hydrogen) atoms. The Balaban J connectivity index is 1.52. The summed E-state index contributed by atoms with van der Waals surface area (Å²) in [5, 5.41) is 2.36. The zero-order valence-corrected chi connectivity index (χ0v) is 18.2. The molecule has 4 rings (SSSR count). The molecule has 2 aromatic carbocycles. The number of sulfonamides is 1. The highest BCUT2D eigenvalue weighted by atomic mass is 32.2. The number of anilines is 2. The second-order valence-corrected chi connectivity index (χ2v) is 9.22. The highest BCUT2D eigenvalue weighted by molar-refractivity contribution is 7.90. The number of nitrogens with zero attached hydrogens (tertiary/aromatic N) is 2. The molecular weight excluding hydrogens is 437 g/mol. The maximum absolute atomic E-state index is 13.7. The molecule has 0 bridgehead atoms. The number of carbonyl (C=O) groups excluding carboxylic acids is 2. The summed E-state index contributed by atoms with van der Waals surface area (Å²) in [5.41, 5.74) is 0.427. The van der Waals surface area contributed by atoms with Crippen LogP contribution in [0.25, 0.3) is 0 Å². The summed E-state index contributed by atoms with van der Waals surface area (Å²) in [5.74, 6) is -1.69. The predicted molar refractivity (Wildman–Crippen MR) is 117 cm³/mol. The number of ether oxygens (including phenoxy) is 1. The molecule has 168 valence electrons. The van der Waals surface area contributed by atoms with Crippen molar-refractivity contribution in [2.75, 3.05) is 16.8 Å². The van der Waals surface area contributed by atoms with E-state index in [2.05, 4.69) is 9.71 Å². The van der Waals surface area contributed by atoms with Crippen LogP contribution in [0.2, 0.25) is 0 Å². The van der Waals surface area contributed by atoms with Gasteiger partial charge in [0.25, 0.3) is 15.9 Å². The largest absolute Gasteiger partial charge is 0.449 e. The van der Waals surface area contributed by atoms with Crippen molar-refractivity contribution in [3.8, 4) is 0 Å². The topological polar surface area (TPSA) is 105 Å². The Bertz CT molecular complexity index is 1210. The lowest BCUT2D eigenvalue weighted by atomic mass is 10.1. The number of nitrogens with one attached hydrogen (secondary N) is 1. The normalized spacial score (nSPS) is 17.8. The molecule has 0 aliphatic carbocycles. The molecule has 0 saturated carbocycles. The molecule has 2 aliphatic rings. The van der Waals surface area contributed by atoms with Crippen molar-refractivity contribution in [2.45, 2.75) is 43.6 Å². The molecule has 0 aromatic heterocycles. The van der Waals surface area contributed by atoms with Crippen molar-refractivity contribution in [3.05, 3.63) is 53.8 Å². The zero-order chi connectivity index (χ0) is 22.9. The highest BCUT2D eigenvalue weighted by Gasteiger charge is 2.32. The van der Waals surface area contributed by atoms with Gasteiger partial charge < -0.3 is 15.0 Å². The van der Waals surface area contributed by atoms with Gasteiger partial charge in [0.1, 0.15) is 16.5 Å². The fourth-order valence-electron chi connectivity index (χ4n) is 3.69. The van der Waals surface area contributed by atoms with Crippen molar-refractivity contribution in [3.63, 3.8) is 0 Å². The first-order chi connectivity index (χ1) is 15.3. The third-order valence-corrected chi connectivity index (χ3v) is 6.70. The second kappa shape index (κ2) is 8.70. The van der Waals surface area contributed by atoms with E-state index in [1.165, 1.54) is 37.3 Å². The quantitative estimate of drug-likeness (QED) is 0.702. The van der Waals surface area contributed by atoms with E-state index in [1.807, 2.05) is 4.90 Å². The van der Waals surface area contributed by atoms with Crippen molar-refractivity contribution in [2.24, 2.45) is 4.40 Å². The number of rotatable bonds is 4. The van der Waals surface area contributed by atoms with Crippen molar-refractivity contribution >= 4 is 39.1 Å². The van der Waals surface area contributed by atoms with Gasteiger partial charge in [0, 0.05) is 13.0 Å². The van der Waals surface area contributed by atoms with Crippen LogP contribution >= 0.6 is 0 Å². The number of benzene rings is 2. The van der Waals surface area contributed by atoms with Crippen molar-refractivity contribution in [1.29, 1.82) is 0 Å². The van der Waals surface area contributed by atoms with Gasteiger partial charge in [-0.15, -0.1) is 4.40 Å². The van der Waals surface area contributed by atoms with E-state index in [1.54, 1.807) is 12.1 Å². The van der Waals surface area contributed by atoms with E-state index in [0.29, 0.717) is 24.5 Å². The number of fused-ring (bicyclic) bond motifs is 3. The molecular formula is C22H22FN3O5S. The van der Waals surface area contributed by atoms with Crippen LogP contribution in [0.3, 0.4) is 0 Å². The molecule has 2 aromatic rings. The molecule has 1 amide bonds. The van der Waals surface area contributed by atoms with Crippen LogP contribution in [0.15, 0.2) is 51.8 Å². The standard InChI is InChI=1S/C22H22FN3O5S/c1-14(21(27)24-17-8-5-4-7-16(17)23)31-22(28)15-10-11-18-19(13-15)32(29,30)25-20-9-3-2-6-12-26(18)20/h4-5,7-8,10-11,13-14H,2-3,6,9,12H2,1H3,(H,24,27)/t14-/m1/s1. The number of carbonyl (C=O) groups is 2. The minimum atomic E-state index is -3.96. The molecule has 0 radical (unpaired) electrons. The summed E-state index contributed by atoms with van der Waals surface area (Å²) >= 11 is 0. The average molecular weight is 459 g/mol. The lowest BCUT2D eigenvalue weighted by Gasteiger charge is -2.29. The van der Waals surface area contributed by atoms with Gasteiger partial charge in [-0.05, 0) is 50.1 Å². The fourth-order valence-corrected chi connectivity index (χ4v) is 4.97. The molecule has 0 unspecified atom stereocenters. The summed E-state index contributed by atoms with van der Waals surface area (Å²) in [6.07, 6.45) is 2.12. The van der Waals surface area contributed by atoms with Gasteiger partial charge in [0.2, 0.25) is 0 Å². The van der Waals surface area contributed by atoms with E-state index in [4.69, 9.17) is 4.74 Å². The van der Waals surface area contributed by atoms with Crippen LogP contribution in [0.4, 0.5) is 15.8 Å². The van der Waals surface area contributed by atoms with Gasteiger partial charge in [0.05, 0.1) is 16.9 Å². The van der Waals surface area contributed by atoms with Gasteiger partial charge in [0.15, 0.2) is 6.10 Å². The Morgan fingerprint density at radius 1 is 1.16 bits per heavy atom. The molecule has 2 aliphatic heterocycles. The Morgan fingerprint density at radius 3 is 2.72 bits per heavy atom. The van der Waals surface area contributed by atoms with Gasteiger partial charge in [-0.25, -0.2) is 9.18 Å². The number of hydrogen-bond donors (Lipinski definition) is 1. The number of amides is 1. The fraction of sp³-hybridized carbons (Fsp3) is 0.318. The Morgan fingerprint density at radius 2 is 1.94 bits per heavy atom. The lowest BCUT2D eigenvalue weighted by Crippen LogP contribution is -2.35. The summed E-state index contributed by atoms with van der Waals surface area (Å²) < 4.78 is 48.3. The number of amidine groups is 1. The summed E-state index contributed by atoms with van der Waals surface area (Å²) in [6.45, 7) is 2.00. The molecule has 1 saturated heterocycles. The number of para-hydroxylation sites is 1. The van der Waals surface area contributed by atoms with Crippen LogP contribution in [0, 0.1) is 5.82 Å². The maximum Gasteiger partial charge on any atom is 0.338 e. The summed E-state index contributed by atoms with van der Waals surface area (Å²) in [7, 11) is -3.96. The highest BCUT2D eigenvalue weighted by Crippen LogP contribution is 2.35. The maximum atomic E-state index is 13.7. The third kappa shape index (κ3) is 4.36. The molecule has 10 heteroatoms. The van der Waals surface area contributed by atoms with Crippen LogP contribution in [0.1, 0.15) is 43.0 Å². The van der Waals surface area contributed by atoms with Gasteiger partial charge >= 0.3 is 5.97 Å². The van der Waals surface area contributed by atoms with E-state index in [0.717, 1.165) is 19.3 Å². The summed E-state index contributed by atoms with van der Waals surface area (Å²) in [4.78, 5) is 26.7. The minimum Gasteiger partial charge on any atom is -0.449 e. The molecule has 8 nitrogen and oxygen atoms in total. The van der Waals surface area contributed by atoms with E-state index < -0.39 is 33.8 Å².